The second-order valence-electron chi connectivity index (χ2n) is 10.1. The van der Waals surface area contributed by atoms with Crippen molar-refractivity contribution in [3.63, 3.8) is 0 Å². The Morgan fingerprint density at radius 3 is 2.37 bits per heavy atom. The van der Waals surface area contributed by atoms with Crippen molar-refractivity contribution in [2.75, 3.05) is 23.4 Å². The SMILES string of the molecule is CC(C)C(=O)Nc1nc(OC(=O)N(c2ccccc2)c2ccccc2)c2ncn([C@@H]3O[C@@]4(CO)COC3C4O)c2n1. The lowest BCUT2D eigenvalue weighted by Crippen LogP contribution is -2.44. The van der Waals surface area contributed by atoms with E-state index >= 15 is 0 Å². The minimum Gasteiger partial charge on any atom is -0.393 e. The number of carbonyl (C=O) groups is 2. The molecule has 0 spiro atoms. The highest BCUT2D eigenvalue weighted by Crippen LogP contribution is 2.45. The minimum atomic E-state index is -1.28. The quantitative estimate of drug-likeness (QED) is 0.306. The highest BCUT2D eigenvalue weighted by molar-refractivity contribution is 5.98. The number of anilines is 3. The fourth-order valence-electron chi connectivity index (χ4n) is 4.86. The zero-order valence-corrected chi connectivity index (χ0v) is 22.2. The molecule has 0 radical (unpaired) electrons. The van der Waals surface area contributed by atoms with Crippen LogP contribution in [0.25, 0.3) is 11.2 Å². The van der Waals surface area contributed by atoms with Gasteiger partial charge < -0.3 is 24.4 Å². The smallest absolute Gasteiger partial charge is 0.393 e. The Kier molecular flexibility index (Phi) is 6.87. The van der Waals surface area contributed by atoms with Crippen LogP contribution < -0.4 is 15.0 Å². The van der Waals surface area contributed by atoms with Crippen molar-refractivity contribution in [2.45, 2.75) is 37.9 Å². The van der Waals surface area contributed by atoms with E-state index in [4.69, 9.17) is 14.2 Å². The van der Waals surface area contributed by atoms with Crippen LogP contribution in [0.5, 0.6) is 5.88 Å². The summed E-state index contributed by atoms with van der Waals surface area (Å²) >= 11 is 0. The third-order valence-electron chi connectivity index (χ3n) is 7.09. The first-order chi connectivity index (χ1) is 19.8. The monoisotopic (exact) mass is 560 g/mol. The molecule has 2 unspecified atom stereocenters. The number of hydrogen-bond donors (Lipinski definition) is 3. The van der Waals surface area contributed by atoms with E-state index in [1.165, 1.54) is 15.8 Å². The maximum atomic E-state index is 13.7. The van der Waals surface area contributed by atoms with Crippen LogP contribution in [0.3, 0.4) is 0 Å². The summed E-state index contributed by atoms with van der Waals surface area (Å²) in [6.45, 7) is 3.01. The molecule has 2 aliphatic rings. The van der Waals surface area contributed by atoms with Gasteiger partial charge in [0.1, 0.15) is 17.8 Å². The number of rotatable bonds is 7. The molecule has 6 rings (SSSR count). The number of benzene rings is 2. The molecule has 4 atom stereocenters. The van der Waals surface area contributed by atoms with Gasteiger partial charge in [-0.25, -0.2) is 14.7 Å². The number of aromatic nitrogens is 4. The Balaban J connectivity index is 1.41. The van der Waals surface area contributed by atoms with Gasteiger partial charge in [0.25, 0.3) is 5.88 Å². The molecule has 212 valence electrons. The van der Waals surface area contributed by atoms with Crippen molar-refractivity contribution >= 4 is 40.5 Å². The summed E-state index contributed by atoms with van der Waals surface area (Å²) in [5.74, 6) is -1.04. The van der Waals surface area contributed by atoms with Crippen molar-refractivity contribution in [1.29, 1.82) is 0 Å². The van der Waals surface area contributed by atoms with Crippen LogP contribution in [0.1, 0.15) is 20.1 Å². The van der Waals surface area contributed by atoms with E-state index < -0.39 is 36.7 Å². The highest BCUT2D eigenvalue weighted by Gasteiger charge is 2.61. The minimum absolute atomic E-state index is 0.0286. The van der Waals surface area contributed by atoms with Gasteiger partial charge in [-0.15, -0.1) is 0 Å². The Morgan fingerprint density at radius 1 is 1.12 bits per heavy atom. The maximum absolute atomic E-state index is 13.7. The molecule has 0 aliphatic carbocycles. The molecule has 13 nitrogen and oxygen atoms in total. The fourth-order valence-corrected chi connectivity index (χ4v) is 4.86. The summed E-state index contributed by atoms with van der Waals surface area (Å²) in [7, 11) is 0. The van der Waals surface area contributed by atoms with Gasteiger partial charge >= 0.3 is 6.09 Å². The van der Waals surface area contributed by atoms with Crippen LogP contribution in [0.15, 0.2) is 67.0 Å². The lowest BCUT2D eigenvalue weighted by atomic mass is 10.0. The third-order valence-corrected chi connectivity index (χ3v) is 7.09. The predicted octanol–water partition coefficient (Wildman–Crippen LogP) is 2.78. The number of imidazole rings is 1. The lowest BCUT2D eigenvalue weighted by Gasteiger charge is -2.29. The number of fused-ring (bicyclic) bond motifs is 3. The van der Waals surface area contributed by atoms with Gasteiger partial charge in [-0.2, -0.15) is 9.97 Å². The van der Waals surface area contributed by atoms with E-state index in [1.54, 1.807) is 62.4 Å². The molecule has 2 aromatic carbocycles. The van der Waals surface area contributed by atoms with Crippen molar-refractivity contribution in [3.05, 3.63) is 67.0 Å². The van der Waals surface area contributed by atoms with Gasteiger partial charge in [-0.1, -0.05) is 50.2 Å². The number of aliphatic hydroxyl groups excluding tert-OH is 2. The molecule has 2 aromatic heterocycles. The van der Waals surface area contributed by atoms with Gasteiger partial charge in [0.15, 0.2) is 17.4 Å². The van der Waals surface area contributed by atoms with Gasteiger partial charge in [0, 0.05) is 5.92 Å². The van der Waals surface area contributed by atoms with Gasteiger partial charge in [0.05, 0.1) is 30.9 Å². The Hall–Kier alpha value is -4.43. The third kappa shape index (κ3) is 4.68. The Bertz CT molecular complexity index is 1540. The average Bonchev–Trinajstić information content (AvgIpc) is 3.63. The Labute approximate surface area is 234 Å². The van der Waals surface area contributed by atoms with E-state index in [9.17, 15) is 19.8 Å². The molecule has 2 bridgehead atoms. The number of carbonyl (C=O) groups excluding carboxylic acids is 2. The van der Waals surface area contributed by atoms with Crippen molar-refractivity contribution < 1.29 is 34.0 Å². The molecular formula is C28H28N6O7. The number of aliphatic hydroxyl groups is 2. The number of ether oxygens (including phenoxy) is 3. The van der Waals surface area contributed by atoms with Crippen LogP contribution >= 0.6 is 0 Å². The number of para-hydroxylation sites is 2. The van der Waals surface area contributed by atoms with Crippen LogP contribution in [0.2, 0.25) is 0 Å². The van der Waals surface area contributed by atoms with Crippen molar-refractivity contribution in [1.82, 2.24) is 19.5 Å². The summed E-state index contributed by atoms with van der Waals surface area (Å²) in [4.78, 5) is 40.8. The normalized spacial score (nSPS) is 23.2. The van der Waals surface area contributed by atoms with Gasteiger partial charge in [-0.3, -0.25) is 14.7 Å². The van der Waals surface area contributed by atoms with Crippen molar-refractivity contribution in [3.8, 4) is 5.88 Å². The van der Waals surface area contributed by atoms with E-state index in [2.05, 4.69) is 20.3 Å². The molecule has 41 heavy (non-hydrogen) atoms. The number of amides is 2. The molecule has 2 saturated heterocycles. The Morgan fingerprint density at radius 2 is 1.78 bits per heavy atom. The molecule has 3 N–H and O–H groups in total. The molecule has 2 amide bonds. The molecule has 13 heteroatoms. The molecule has 2 fully saturated rings. The highest BCUT2D eigenvalue weighted by atomic mass is 16.7. The topological polar surface area (TPSA) is 161 Å². The number of hydrogen-bond acceptors (Lipinski definition) is 10. The average molecular weight is 561 g/mol. The first kappa shape index (κ1) is 26.8. The molecule has 4 aromatic rings. The first-order valence-electron chi connectivity index (χ1n) is 13.1. The first-order valence-corrected chi connectivity index (χ1v) is 13.1. The fraction of sp³-hybridized carbons (Fsp3) is 0.321. The van der Waals surface area contributed by atoms with Crippen LogP contribution in [0, 0.1) is 5.92 Å². The zero-order chi connectivity index (χ0) is 28.7. The number of nitrogens with one attached hydrogen (secondary N) is 1. The molecule has 2 aliphatic heterocycles. The second kappa shape index (κ2) is 10.5. The van der Waals surface area contributed by atoms with E-state index in [0.717, 1.165) is 0 Å². The van der Waals surface area contributed by atoms with E-state index in [1.807, 2.05) is 12.1 Å². The van der Waals surface area contributed by atoms with Crippen LogP contribution in [-0.4, -0.2) is 72.8 Å². The van der Waals surface area contributed by atoms with Crippen LogP contribution in [0.4, 0.5) is 22.1 Å². The lowest BCUT2D eigenvalue weighted by molar-refractivity contribution is -0.185. The second-order valence-corrected chi connectivity index (χ2v) is 10.1. The van der Waals surface area contributed by atoms with E-state index in [-0.39, 0.29) is 41.4 Å². The van der Waals surface area contributed by atoms with E-state index in [0.29, 0.717) is 11.4 Å². The summed E-state index contributed by atoms with van der Waals surface area (Å²) in [5, 5.41) is 23.2. The molecular weight excluding hydrogens is 532 g/mol. The summed E-state index contributed by atoms with van der Waals surface area (Å²) in [6.07, 6.45) is -2.16. The summed E-state index contributed by atoms with van der Waals surface area (Å²) in [5.41, 5.74) is 0.108. The summed E-state index contributed by atoms with van der Waals surface area (Å²) in [6, 6.07) is 17.9. The van der Waals surface area contributed by atoms with Crippen molar-refractivity contribution in [2.24, 2.45) is 5.92 Å². The molecule has 4 heterocycles. The van der Waals surface area contributed by atoms with Gasteiger partial charge in [0.2, 0.25) is 11.9 Å². The standard InChI is InChI=1S/C28H28N6O7/c1-16(2)23(37)31-26-30-22-19(29-15-33(22)25-20-21(36)28(13-35,41-25)14-39-20)24(32-26)40-27(38)34(17-9-5-3-6-10-17)18-11-7-4-8-12-18/h3-12,15-16,20-21,25,35-36H,13-14H2,1-2H3,(H,30,31,32,37)/t20?,21?,25-,28+/m1/s1. The molecule has 0 saturated carbocycles. The zero-order valence-electron chi connectivity index (χ0n) is 22.2. The maximum Gasteiger partial charge on any atom is 0.425 e. The van der Waals surface area contributed by atoms with Crippen LogP contribution in [-0.2, 0) is 14.3 Å². The van der Waals surface area contributed by atoms with Gasteiger partial charge in [-0.05, 0) is 24.3 Å². The summed E-state index contributed by atoms with van der Waals surface area (Å²) < 4.78 is 19.1. The number of nitrogens with zero attached hydrogens (tertiary/aromatic N) is 5. The predicted molar refractivity (Wildman–Crippen MR) is 146 cm³/mol. The largest absolute Gasteiger partial charge is 0.425 e.